The molecule has 0 heterocycles. The van der Waals surface area contributed by atoms with Gasteiger partial charge in [-0.3, -0.25) is 4.55 Å². The molecule has 5 nitrogen and oxygen atoms in total. The quantitative estimate of drug-likeness (QED) is 0.393. The minimum atomic E-state index is -3.96. The van der Waals surface area contributed by atoms with Gasteiger partial charge in [-0.25, -0.2) is 0 Å². The van der Waals surface area contributed by atoms with E-state index in [0.29, 0.717) is 6.61 Å². The molecule has 0 aliphatic rings. The number of ether oxygens (including phenoxy) is 2. The van der Waals surface area contributed by atoms with E-state index in [9.17, 15) is 8.42 Å². The molecule has 0 radical (unpaired) electrons. The van der Waals surface area contributed by atoms with E-state index >= 15 is 0 Å². The van der Waals surface area contributed by atoms with Crippen molar-refractivity contribution in [2.45, 2.75) is 46.5 Å². The minimum absolute atomic E-state index is 0. The van der Waals surface area contributed by atoms with Crippen LogP contribution in [-0.2, 0) is 20.3 Å². The van der Waals surface area contributed by atoms with Gasteiger partial charge in [0.25, 0.3) is 10.1 Å². The van der Waals surface area contributed by atoms with Gasteiger partial charge in [0, 0.05) is 0 Å². The van der Waals surface area contributed by atoms with Crippen molar-refractivity contribution in [1.29, 1.82) is 0 Å². The maximum absolute atomic E-state index is 10.5. The maximum atomic E-state index is 10.5. The van der Waals surface area contributed by atoms with Crippen LogP contribution in [0.3, 0.4) is 0 Å². The summed E-state index contributed by atoms with van der Waals surface area (Å²) in [7, 11) is -3.96. The third kappa shape index (κ3) is 11.8. The Morgan fingerprint density at radius 1 is 0.960 bits per heavy atom. The fourth-order valence-corrected chi connectivity index (χ4v) is 3.24. The molecule has 0 bridgehead atoms. The molecule has 0 saturated heterocycles. The Bertz CT molecular complexity index is 603. The van der Waals surface area contributed by atoms with E-state index in [-0.39, 0.29) is 75.4 Å². The van der Waals surface area contributed by atoms with Crippen LogP contribution in [0, 0.1) is 5.41 Å². The molecule has 140 valence electrons. The molecule has 0 aromatic heterocycles. The van der Waals surface area contributed by atoms with E-state index in [1.54, 1.807) is 0 Å². The standard InChI is InChI=1S/C18H30O5S.K.H/c1-17(2,3)14-18(4,5)15-6-8-16(9-7-15)23-11-10-22-12-13-24(19,20)21;;/h6-9H,10-14H2,1-5H3,(H,19,20,21);;. The summed E-state index contributed by atoms with van der Waals surface area (Å²) in [5.74, 6) is 0.355. The summed E-state index contributed by atoms with van der Waals surface area (Å²) in [5, 5.41) is 0. The van der Waals surface area contributed by atoms with E-state index in [1.807, 2.05) is 12.1 Å². The summed E-state index contributed by atoms with van der Waals surface area (Å²) in [6, 6.07) is 8.05. The third-order valence-corrected chi connectivity index (χ3v) is 4.27. The van der Waals surface area contributed by atoms with Crippen molar-refractivity contribution in [3.63, 3.8) is 0 Å². The van der Waals surface area contributed by atoms with Crippen molar-refractivity contribution in [2.75, 3.05) is 25.6 Å². The summed E-state index contributed by atoms with van der Waals surface area (Å²) < 4.78 is 40.3. The topological polar surface area (TPSA) is 72.8 Å². The van der Waals surface area contributed by atoms with Crippen LogP contribution in [0.2, 0.25) is 0 Å². The Hall–Kier alpha value is 0.526. The molecule has 0 saturated carbocycles. The predicted molar refractivity (Wildman–Crippen MR) is 103 cm³/mol. The van der Waals surface area contributed by atoms with E-state index < -0.39 is 15.9 Å². The molecule has 0 spiro atoms. The van der Waals surface area contributed by atoms with Crippen molar-refractivity contribution in [2.24, 2.45) is 5.41 Å². The van der Waals surface area contributed by atoms with Crippen LogP contribution >= 0.6 is 0 Å². The Kier molecular flexibility index (Phi) is 11.0. The summed E-state index contributed by atoms with van der Waals surface area (Å²) in [4.78, 5) is 0. The molecule has 0 aliphatic heterocycles. The molecule has 0 atom stereocenters. The molecular weight excluding hydrogens is 367 g/mol. The number of rotatable bonds is 9. The first-order valence-electron chi connectivity index (χ1n) is 8.15. The van der Waals surface area contributed by atoms with Crippen LogP contribution in [0.1, 0.15) is 46.6 Å². The SMILES string of the molecule is CC(C)(C)CC(C)(C)c1ccc(OCCOCCS(=O)(=O)O)cc1.[KH]. The Morgan fingerprint density at radius 3 is 2.00 bits per heavy atom. The molecule has 1 rings (SSSR count). The molecule has 0 unspecified atom stereocenters. The van der Waals surface area contributed by atoms with E-state index in [0.717, 1.165) is 12.2 Å². The second-order valence-corrected chi connectivity index (χ2v) is 9.46. The molecule has 0 fully saturated rings. The summed E-state index contributed by atoms with van der Waals surface area (Å²) in [5.41, 5.74) is 1.63. The van der Waals surface area contributed by atoms with Gasteiger partial charge >= 0.3 is 51.4 Å². The van der Waals surface area contributed by atoms with Crippen LogP contribution in [0.25, 0.3) is 0 Å². The van der Waals surface area contributed by atoms with Gasteiger partial charge in [0.05, 0.1) is 19.0 Å². The first-order valence-corrected chi connectivity index (χ1v) is 9.76. The van der Waals surface area contributed by atoms with Crippen molar-refractivity contribution in [3.8, 4) is 5.75 Å². The van der Waals surface area contributed by atoms with E-state index in [4.69, 9.17) is 14.0 Å². The Balaban J connectivity index is 0.00000576. The van der Waals surface area contributed by atoms with Crippen LogP contribution < -0.4 is 4.74 Å². The molecule has 7 heteroatoms. The molecule has 25 heavy (non-hydrogen) atoms. The third-order valence-electron chi connectivity index (χ3n) is 3.59. The van der Waals surface area contributed by atoms with Crippen molar-refractivity contribution in [1.82, 2.24) is 0 Å². The van der Waals surface area contributed by atoms with Crippen LogP contribution in [0.5, 0.6) is 5.75 Å². The second-order valence-electron chi connectivity index (χ2n) is 7.89. The molecule has 1 N–H and O–H groups in total. The number of hydrogen-bond acceptors (Lipinski definition) is 4. The molecule has 0 amide bonds. The predicted octanol–water partition coefficient (Wildman–Crippen LogP) is 3.04. The Labute approximate surface area is 195 Å². The van der Waals surface area contributed by atoms with E-state index in [2.05, 4.69) is 46.8 Å². The molecular formula is C18H31KO5S. The number of benzene rings is 1. The normalized spacial score (nSPS) is 12.6. The first kappa shape index (κ1) is 25.5. The zero-order valence-electron chi connectivity index (χ0n) is 15.3. The van der Waals surface area contributed by atoms with Gasteiger partial charge in [0.2, 0.25) is 0 Å². The average Bonchev–Trinajstić information content (AvgIpc) is 2.39. The van der Waals surface area contributed by atoms with Gasteiger partial charge < -0.3 is 9.47 Å². The number of hydrogen-bond donors (Lipinski definition) is 1. The van der Waals surface area contributed by atoms with Crippen LogP contribution in [-0.4, -0.2) is 89.9 Å². The first-order chi connectivity index (χ1) is 10.9. The monoisotopic (exact) mass is 398 g/mol. The van der Waals surface area contributed by atoms with Crippen molar-refractivity contribution < 1.29 is 22.4 Å². The summed E-state index contributed by atoms with van der Waals surface area (Å²) in [6.45, 7) is 11.8. The molecule has 1 aromatic rings. The van der Waals surface area contributed by atoms with Crippen molar-refractivity contribution >= 4 is 61.5 Å². The Morgan fingerprint density at radius 2 is 1.52 bits per heavy atom. The van der Waals surface area contributed by atoms with Gasteiger partial charge in [0.15, 0.2) is 0 Å². The summed E-state index contributed by atoms with van der Waals surface area (Å²) in [6.07, 6.45) is 1.09. The fourth-order valence-electron chi connectivity index (χ4n) is 2.91. The zero-order chi connectivity index (χ0) is 18.4. The molecule has 1 aromatic carbocycles. The molecule has 0 aliphatic carbocycles. The summed E-state index contributed by atoms with van der Waals surface area (Å²) >= 11 is 0. The average molecular weight is 399 g/mol. The second kappa shape index (κ2) is 10.8. The van der Waals surface area contributed by atoms with Crippen molar-refractivity contribution in [3.05, 3.63) is 29.8 Å². The van der Waals surface area contributed by atoms with Gasteiger partial charge in [-0.2, -0.15) is 8.42 Å². The van der Waals surface area contributed by atoms with Gasteiger partial charge in [-0.15, -0.1) is 0 Å². The fraction of sp³-hybridized carbons (Fsp3) is 0.667. The van der Waals surface area contributed by atoms with Crippen LogP contribution in [0.4, 0.5) is 0 Å². The van der Waals surface area contributed by atoms with Gasteiger partial charge in [0.1, 0.15) is 12.4 Å². The van der Waals surface area contributed by atoms with Gasteiger partial charge in [-0.05, 0) is 34.9 Å². The van der Waals surface area contributed by atoms with E-state index in [1.165, 1.54) is 5.56 Å². The van der Waals surface area contributed by atoms with Crippen LogP contribution in [0.15, 0.2) is 24.3 Å². The van der Waals surface area contributed by atoms with Gasteiger partial charge in [-0.1, -0.05) is 46.8 Å². The zero-order valence-corrected chi connectivity index (χ0v) is 16.1.